The van der Waals surface area contributed by atoms with Crippen molar-refractivity contribution in [2.75, 3.05) is 24.5 Å². The summed E-state index contributed by atoms with van der Waals surface area (Å²) in [7, 11) is 0. The topological polar surface area (TPSA) is 71.2 Å². The van der Waals surface area contributed by atoms with Crippen molar-refractivity contribution in [1.29, 1.82) is 0 Å². The van der Waals surface area contributed by atoms with E-state index in [9.17, 15) is 4.79 Å². The van der Waals surface area contributed by atoms with Crippen LogP contribution in [0.2, 0.25) is 0 Å². The van der Waals surface area contributed by atoms with Gasteiger partial charge in [-0.2, -0.15) is 0 Å². The largest absolute Gasteiger partial charge is 0.364 e. The molecule has 0 aromatic carbocycles. The van der Waals surface area contributed by atoms with Gasteiger partial charge in [0.2, 0.25) is 0 Å². The Bertz CT molecular complexity index is 415. The minimum Gasteiger partial charge on any atom is -0.364 e. The molecular weight excluding hydrogens is 228 g/mol. The molecule has 1 aromatic heterocycles. The van der Waals surface area contributed by atoms with Crippen LogP contribution in [0.15, 0.2) is 18.2 Å². The number of carbonyl (C=O) groups excluding carboxylic acids is 1. The molecule has 2 rings (SSSR count). The summed E-state index contributed by atoms with van der Waals surface area (Å²) >= 11 is 0. The highest BCUT2D eigenvalue weighted by Crippen LogP contribution is 2.18. The second-order valence-corrected chi connectivity index (χ2v) is 4.59. The Kier molecular flexibility index (Phi) is 4.15. The van der Waals surface area contributed by atoms with Gasteiger partial charge in [-0.1, -0.05) is 13.0 Å². The molecule has 1 unspecified atom stereocenters. The molecule has 5 heteroatoms. The Balaban J connectivity index is 2.23. The van der Waals surface area contributed by atoms with Crippen molar-refractivity contribution in [2.45, 2.75) is 25.8 Å². The van der Waals surface area contributed by atoms with Crippen molar-refractivity contribution >= 4 is 11.7 Å². The smallest absolute Gasteiger partial charge is 0.267 e. The van der Waals surface area contributed by atoms with E-state index in [1.54, 1.807) is 6.07 Å². The highest BCUT2D eigenvalue weighted by atomic mass is 16.1. The molecule has 2 heterocycles. The summed E-state index contributed by atoms with van der Waals surface area (Å²) in [4.78, 5) is 17.8. The number of nitrogens with zero attached hydrogens (tertiary/aromatic N) is 2. The molecule has 0 radical (unpaired) electrons. The molecule has 1 aliphatic rings. The van der Waals surface area contributed by atoms with Gasteiger partial charge in [-0.15, -0.1) is 0 Å². The average Bonchev–Trinajstić information content (AvgIpc) is 2.89. The molecule has 0 spiro atoms. The standard InChI is InChI=1S/C13H20N4O/c1-2-8-17(10-6-7-15-9-10)12-5-3-4-11(16-12)13(14)18/h3-5,10,15H,2,6-9H2,1H3,(H2,14,18). The number of carbonyl (C=O) groups is 1. The lowest BCUT2D eigenvalue weighted by Crippen LogP contribution is -2.38. The molecule has 0 saturated carbocycles. The van der Waals surface area contributed by atoms with Crippen LogP contribution in [0.5, 0.6) is 0 Å². The van der Waals surface area contributed by atoms with E-state index >= 15 is 0 Å². The number of primary amides is 1. The average molecular weight is 248 g/mol. The predicted octanol–water partition coefficient (Wildman–Crippen LogP) is 0.759. The van der Waals surface area contributed by atoms with Crippen LogP contribution in [-0.2, 0) is 0 Å². The fourth-order valence-corrected chi connectivity index (χ4v) is 2.35. The van der Waals surface area contributed by atoms with Gasteiger partial charge in [-0.25, -0.2) is 4.98 Å². The Hall–Kier alpha value is -1.62. The van der Waals surface area contributed by atoms with Gasteiger partial charge in [0, 0.05) is 19.1 Å². The molecule has 18 heavy (non-hydrogen) atoms. The molecule has 0 bridgehead atoms. The van der Waals surface area contributed by atoms with E-state index < -0.39 is 5.91 Å². The maximum absolute atomic E-state index is 11.2. The maximum Gasteiger partial charge on any atom is 0.267 e. The monoisotopic (exact) mass is 248 g/mol. The van der Waals surface area contributed by atoms with Crippen LogP contribution in [0.25, 0.3) is 0 Å². The van der Waals surface area contributed by atoms with Crippen LogP contribution in [-0.4, -0.2) is 36.6 Å². The third kappa shape index (κ3) is 2.79. The van der Waals surface area contributed by atoms with Gasteiger partial charge in [-0.3, -0.25) is 4.79 Å². The third-order valence-corrected chi connectivity index (χ3v) is 3.22. The molecule has 1 saturated heterocycles. The SMILES string of the molecule is CCCN(c1cccc(C(N)=O)n1)C1CCNC1. The Morgan fingerprint density at radius 1 is 1.61 bits per heavy atom. The maximum atomic E-state index is 11.2. The minimum absolute atomic E-state index is 0.333. The lowest BCUT2D eigenvalue weighted by Gasteiger charge is -2.29. The molecule has 1 atom stereocenters. The van der Waals surface area contributed by atoms with Crippen molar-refractivity contribution in [3.8, 4) is 0 Å². The number of nitrogens with two attached hydrogens (primary N) is 1. The van der Waals surface area contributed by atoms with Gasteiger partial charge < -0.3 is 16.0 Å². The van der Waals surface area contributed by atoms with E-state index in [2.05, 4.69) is 22.1 Å². The molecule has 1 fully saturated rings. The predicted molar refractivity (Wildman–Crippen MR) is 71.7 cm³/mol. The van der Waals surface area contributed by atoms with Gasteiger partial charge in [-0.05, 0) is 31.5 Å². The van der Waals surface area contributed by atoms with Crippen LogP contribution in [0.1, 0.15) is 30.3 Å². The molecule has 1 aromatic rings. The van der Waals surface area contributed by atoms with Crippen molar-refractivity contribution in [2.24, 2.45) is 5.73 Å². The summed E-state index contributed by atoms with van der Waals surface area (Å²) in [6.45, 7) is 5.11. The Morgan fingerprint density at radius 2 is 2.44 bits per heavy atom. The molecule has 3 N–H and O–H groups in total. The van der Waals surface area contributed by atoms with Crippen molar-refractivity contribution < 1.29 is 4.79 Å². The summed E-state index contributed by atoms with van der Waals surface area (Å²) in [5, 5.41) is 3.36. The van der Waals surface area contributed by atoms with Gasteiger partial charge >= 0.3 is 0 Å². The van der Waals surface area contributed by atoms with Crippen LogP contribution >= 0.6 is 0 Å². The molecule has 5 nitrogen and oxygen atoms in total. The van der Waals surface area contributed by atoms with E-state index in [1.165, 1.54) is 0 Å². The highest BCUT2D eigenvalue weighted by Gasteiger charge is 2.23. The van der Waals surface area contributed by atoms with Crippen LogP contribution in [0.3, 0.4) is 0 Å². The van der Waals surface area contributed by atoms with Gasteiger partial charge in [0.05, 0.1) is 0 Å². The zero-order valence-electron chi connectivity index (χ0n) is 10.7. The first-order valence-electron chi connectivity index (χ1n) is 6.46. The van der Waals surface area contributed by atoms with Crippen LogP contribution < -0.4 is 16.0 Å². The minimum atomic E-state index is -0.474. The molecular formula is C13H20N4O. The molecule has 0 aliphatic carbocycles. The Morgan fingerprint density at radius 3 is 3.06 bits per heavy atom. The number of hydrogen-bond acceptors (Lipinski definition) is 4. The van der Waals surface area contributed by atoms with E-state index in [4.69, 9.17) is 5.73 Å². The first-order chi connectivity index (χ1) is 8.72. The molecule has 1 amide bonds. The van der Waals surface area contributed by atoms with Crippen LogP contribution in [0.4, 0.5) is 5.82 Å². The zero-order chi connectivity index (χ0) is 13.0. The first kappa shape index (κ1) is 12.8. The van der Waals surface area contributed by atoms with E-state index in [-0.39, 0.29) is 0 Å². The van der Waals surface area contributed by atoms with E-state index in [0.717, 1.165) is 38.3 Å². The van der Waals surface area contributed by atoms with Gasteiger partial charge in [0.1, 0.15) is 11.5 Å². The molecule has 1 aliphatic heterocycles. The zero-order valence-corrected chi connectivity index (χ0v) is 10.7. The van der Waals surface area contributed by atoms with E-state index in [0.29, 0.717) is 11.7 Å². The normalized spacial score (nSPS) is 18.8. The van der Waals surface area contributed by atoms with Crippen molar-refractivity contribution in [1.82, 2.24) is 10.3 Å². The third-order valence-electron chi connectivity index (χ3n) is 3.22. The van der Waals surface area contributed by atoms with Gasteiger partial charge in [0.25, 0.3) is 5.91 Å². The highest BCUT2D eigenvalue weighted by molar-refractivity contribution is 5.91. The summed E-state index contributed by atoms with van der Waals surface area (Å²) in [5.74, 6) is 0.375. The quantitative estimate of drug-likeness (QED) is 0.807. The van der Waals surface area contributed by atoms with Gasteiger partial charge in [0.15, 0.2) is 0 Å². The number of rotatable bonds is 5. The first-order valence-corrected chi connectivity index (χ1v) is 6.46. The number of hydrogen-bond donors (Lipinski definition) is 2. The number of anilines is 1. The summed E-state index contributed by atoms with van der Waals surface area (Å²) in [5.41, 5.74) is 5.61. The van der Waals surface area contributed by atoms with Crippen LogP contribution in [0, 0.1) is 0 Å². The van der Waals surface area contributed by atoms with E-state index in [1.807, 2.05) is 12.1 Å². The molecule has 98 valence electrons. The lowest BCUT2D eigenvalue weighted by atomic mass is 10.2. The lowest BCUT2D eigenvalue weighted by molar-refractivity contribution is 0.0995. The fourth-order valence-electron chi connectivity index (χ4n) is 2.35. The number of amides is 1. The second-order valence-electron chi connectivity index (χ2n) is 4.59. The number of aromatic nitrogens is 1. The van der Waals surface area contributed by atoms with Crippen molar-refractivity contribution in [3.05, 3.63) is 23.9 Å². The summed E-state index contributed by atoms with van der Waals surface area (Å²) < 4.78 is 0. The van der Waals surface area contributed by atoms with Crippen molar-refractivity contribution in [3.63, 3.8) is 0 Å². The summed E-state index contributed by atoms with van der Waals surface area (Å²) in [6.07, 6.45) is 2.17. The number of nitrogens with one attached hydrogen (secondary N) is 1. The fraction of sp³-hybridized carbons (Fsp3) is 0.538. The Labute approximate surface area is 107 Å². The second kappa shape index (κ2) is 5.82. The summed E-state index contributed by atoms with van der Waals surface area (Å²) in [6, 6.07) is 5.90. The number of pyridine rings is 1.